The first-order valence-electron chi connectivity index (χ1n) is 5.10. The van der Waals surface area contributed by atoms with Crippen molar-refractivity contribution in [2.75, 3.05) is 19.6 Å². The van der Waals surface area contributed by atoms with Gasteiger partial charge in [0.1, 0.15) is 0 Å². The molecule has 90 valence electrons. The quantitative estimate of drug-likeness (QED) is 0.708. The zero-order valence-corrected chi connectivity index (χ0v) is 10.1. The molecule has 0 spiro atoms. The Kier molecular flexibility index (Phi) is 2.96. The Morgan fingerprint density at radius 1 is 1.56 bits per heavy atom. The van der Waals surface area contributed by atoms with Crippen LogP contribution in [0.15, 0.2) is 11.2 Å². The summed E-state index contributed by atoms with van der Waals surface area (Å²) in [6.07, 6.45) is 1.28. The highest BCUT2D eigenvalue weighted by Gasteiger charge is 2.33. The smallest absolute Gasteiger partial charge is 0.262 e. The van der Waals surface area contributed by atoms with E-state index in [0.29, 0.717) is 19.6 Å². The lowest BCUT2D eigenvalue weighted by Crippen LogP contribution is -2.52. The molecule has 2 heterocycles. The molecular weight excluding hydrogens is 230 g/mol. The van der Waals surface area contributed by atoms with Gasteiger partial charge >= 0.3 is 0 Å². The fraction of sp³-hybridized carbons (Fsp3) is 0.750. The SMILES string of the molecule is C[C@@H]1CNCCN1S(=O)(=O)c1cnnn1C. The van der Waals surface area contributed by atoms with Crippen molar-refractivity contribution in [3.63, 3.8) is 0 Å². The number of rotatable bonds is 2. The van der Waals surface area contributed by atoms with Crippen molar-refractivity contribution < 1.29 is 8.42 Å². The number of nitrogens with one attached hydrogen (secondary N) is 1. The molecule has 1 fully saturated rings. The molecule has 0 radical (unpaired) electrons. The summed E-state index contributed by atoms with van der Waals surface area (Å²) >= 11 is 0. The maximum Gasteiger partial charge on any atom is 0.262 e. The topological polar surface area (TPSA) is 80.1 Å². The van der Waals surface area contributed by atoms with Crippen molar-refractivity contribution in [1.29, 1.82) is 0 Å². The highest BCUT2D eigenvalue weighted by Crippen LogP contribution is 2.17. The second-order valence-electron chi connectivity index (χ2n) is 3.86. The van der Waals surface area contributed by atoms with Crippen LogP contribution in [-0.2, 0) is 17.1 Å². The summed E-state index contributed by atoms with van der Waals surface area (Å²) in [6.45, 7) is 3.71. The number of piperazine rings is 1. The van der Waals surface area contributed by atoms with Crippen molar-refractivity contribution in [2.24, 2.45) is 7.05 Å². The van der Waals surface area contributed by atoms with E-state index in [1.807, 2.05) is 6.92 Å². The van der Waals surface area contributed by atoms with E-state index in [2.05, 4.69) is 15.6 Å². The van der Waals surface area contributed by atoms with Gasteiger partial charge in [0.2, 0.25) is 0 Å². The highest BCUT2D eigenvalue weighted by atomic mass is 32.2. The molecular formula is C8H15N5O2S. The van der Waals surface area contributed by atoms with Crippen LogP contribution in [-0.4, -0.2) is 53.4 Å². The molecule has 7 nitrogen and oxygen atoms in total. The van der Waals surface area contributed by atoms with E-state index in [1.165, 1.54) is 15.2 Å². The molecule has 0 bridgehead atoms. The summed E-state index contributed by atoms with van der Waals surface area (Å²) in [5.41, 5.74) is 0. The second-order valence-corrected chi connectivity index (χ2v) is 5.70. The van der Waals surface area contributed by atoms with Gasteiger partial charge in [-0.05, 0) is 6.92 Å². The van der Waals surface area contributed by atoms with Gasteiger partial charge in [0.25, 0.3) is 10.0 Å². The minimum Gasteiger partial charge on any atom is -0.314 e. The van der Waals surface area contributed by atoms with Crippen LogP contribution < -0.4 is 5.32 Å². The van der Waals surface area contributed by atoms with E-state index in [9.17, 15) is 8.42 Å². The van der Waals surface area contributed by atoms with Crippen molar-refractivity contribution in [2.45, 2.75) is 18.0 Å². The zero-order valence-electron chi connectivity index (χ0n) is 9.29. The fourth-order valence-corrected chi connectivity index (χ4v) is 3.48. The third-order valence-corrected chi connectivity index (χ3v) is 4.74. The molecule has 16 heavy (non-hydrogen) atoms. The normalized spacial score (nSPS) is 23.5. The Bertz CT molecular complexity index is 469. The lowest BCUT2D eigenvalue weighted by molar-refractivity contribution is 0.282. The predicted molar refractivity (Wildman–Crippen MR) is 57.2 cm³/mol. The number of nitrogens with zero attached hydrogens (tertiary/aromatic N) is 4. The standard InChI is InChI=1S/C8H15N5O2S/c1-7-5-9-3-4-13(7)16(14,15)8-6-10-11-12(8)2/h6-7,9H,3-5H2,1-2H3/t7-/m1/s1. The van der Waals surface area contributed by atoms with Gasteiger partial charge in [0.15, 0.2) is 5.03 Å². The highest BCUT2D eigenvalue weighted by molar-refractivity contribution is 7.89. The predicted octanol–water partition coefficient (Wildman–Crippen LogP) is -1.20. The van der Waals surface area contributed by atoms with Gasteiger partial charge in [-0.15, -0.1) is 5.10 Å². The third-order valence-electron chi connectivity index (χ3n) is 2.69. The van der Waals surface area contributed by atoms with Crippen LogP contribution in [0.5, 0.6) is 0 Å². The van der Waals surface area contributed by atoms with E-state index in [-0.39, 0.29) is 11.1 Å². The Morgan fingerprint density at radius 2 is 2.31 bits per heavy atom. The van der Waals surface area contributed by atoms with Crippen LogP contribution in [0.4, 0.5) is 0 Å². The van der Waals surface area contributed by atoms with Crippen LogP contribution in [0, 0.1) is 0 Å². The van der Waals surface area contributed by atoms with E-state index in [1.54, 1.807) is 7.05 Å². The van der Waals surface area contributed by atoms with E-state index >= 15 is 0 Å². The lowest BCUT2D eigenvalue weighted by atomic mass is 10.3. The van der Waals surface area contributed by atoms with E-state index in [4.69, 9.17) is 0 Å². The first-order valence-corrected chi connectivity index (χ1v) is 6.54. The van der Waals surface area contributed by atoms with Gasteiger partial charge in [-0.2, -0.15) is 4.31 Å². The lowest BCUT2D eigenvalue weighted by Gasteiger charge is -2.32. The molecule has 0 amide bonds. The molecule has 1 saturated heterocycles. The Balaban J connectivity index is 2.35. The summed E-state index contributed by atoms with van der Waals surface area (Å²) in [4.78, 5) is 0. The largest absolute Gasteiger partial charge is 0.314 e. The summed E-state index contributed by atoms with van der Waals surface area (Å²) in [6, 6.07) is -0.0475. The molecule has 8 heteroatoms. The van der Waals surface area contributed by atoms with Crippen molar-refractivity contribution in [3.8, 4) is 0 Å². The monoisotopic (exact) mass is 245 g/mol. The van der Waals surface area contributed by atoms with Crippen molar-refractivity contribution in [3.05, 3.63) is 6.20 Å². The molecule has 0 aromatic carbocycles. The van der Waals surface area contributed by atoms with Crippen LogP contribution in [0.1, 0.15) is 6.92 Å². The van der Waals surface area contributed by atoms with Gasteiger partial charge < -0.3 is 5.32 Å². The van der Waals surface area contributed by atoms with Gasteiger partial charge in [0.05, 0.1) is 6.20 Å². The maximum atomic E-state index is 12.3. The Morgan fingerprint density at radius 3 is 2.88 bits per heavy atom. The molecule has 1 N–H and O–H groups in total. The fourth-order valence-electron chi connectivity index (χ4n) is 1.81. The van der Waals surface area contributed by atoms with E-state index in [0.717, 1.165) is 0 Å². The summed E-state index contributed by atoms with van der Waals surface area (Å²) in [5.74, 6) is 0. The number of hydrogen-bond acceptors (Lipinski definition) is 5. The van der Waals surface area contributed by atoms with Gasteiger partial charge in [-0.3, -0.25) is 0 Å². The Hall–Kier alpha value is -0.990. The van der Waals surface area contributed by atoms with Gasteiger partial charge in [-0.1, -0.05) is 5.21 Å². The summed E-state index contributed by atoms with van der Waals surface area (Å²) < 4.78 is 27.3. The first-order chi connectivity index (χ1) is 7.53. The number of hydrogen-bond donors (Lipinski definition) is 1. The summed E-state index contributed by atoms with van der Waals surface area (Å²) in [5, 5.41) is 10.5. The molecule has 0 aliphatic carbocycles. The van der Waals surface area contributed by atoms with Crippen LogP contribution in [0.2, 0.25) is 0 Å². The maximum absolute atomic E-state index is 12.3. The number of aryl methyl sites for hydroxylation is 1. The summed E-state index contributed by atoms with van der Waals surface area (Å²) in [7, 11) is -1.89. The molecule has 0 unspecified atom stereocenters. The minimum absolute atomic E-state index is 0.0475. The first kappa shape index (κ1) is 11.5. The molecule has 1 aromatic rings. The third kappa shape index (κ3) is 1.83. The average Bonchev–Trinajstić information content (AvgIpc) is 2.65. The van der Waals surface area contributed by atoms with Crippen LogP contribution in [0.25, 0.3) is 0 Å². The molecule has 0 saturated carbocycles. The van der Waals surface area contributed by atoms with Crippen LogP contribution in [0.3, 0.4) is 0 Å². The second kappa shape index (κ2) is 4.11. The van der Waals surface area contributed by atoms with Crippen molar-refractivity contribution in [1.82, 2.24) is 24.6 Å². The molecule has 2 rings (SSSR count). The molecule has 1 aromatic heterocycles. The number of aromatic nitrogens is 3. The van der Waals surface area contributed by atoms with Crippen molar-refractivity contribution >= 4 is 10.0 Å². The van der Waals surface area contributed by atoms with Gasteiger partial charge in [-0.25, -0.2) is 13.1 Å². The van der Waals surface area contributed by atoms with Crippen LogP contribution >= 0.6 is 0 Å². The Labute approximate surface area is 94.5 Å². The molecule has 1 aliphatic rings. The van der Waals surface area contributed by atoms with Gasteiger partial charge in [0, 0.05) is 32.7 Å². The average molecular weight is 245 g/mol. The molecule has 1 atom stereocenters. The number of sulfonamides is 1. The zero-order chi connectivity index (χ0) is 11.8. The van der Waals surface area contributed by atoms with E-state index < -0.39 is 10.0 Å². The minimum atomic E-state index is -3.47. The molecule has 1 aliphatic heterocycles.